The molecular formula is C18H28N2O3. The number of ether oxygens (including phenoxy) is 1. The van der Waals surface area contributed by atoms with Crippen LogP contribution in [-0.2, 0) is 14.3 Å². The molecule has 23 heavy (non-hydrogen) atoms. The lowest BCUT2D eigenvalue weighted by atomic mass is 9.87. The summed E-state index contributed by atoms with van der Waals surface area (Å²) < 4.78 is 4.75. The van der Waals surface area contributed by atoms with Crippen LogP contribution in [0.2, 0.25) is 0 Å². The zero-order valence-corrected chi connectivity index (χ0v) is 14.5. The summed E-state index contributed by atoms with van der Waals surface area (Å²) in [5.41, 5.74) is 6.55. The molecule has 0 aliphatic rings. The van der Waals surface area contributed by atoms with Crippen molar-refractivity contribution in [1.29, 1.82) is 0 Å². The van der Waals surface area contributed by atoms with Gasteiger partial charge in [-0.25, -0.2) is 0 Å². The Hall–Kier alpha value is -1.88. The molecule has 0 fully saturated rings. The minimum absolute atomic E-state index is 0.144. The molecule has 1 aromatic rings. The van der Waals surface area contributed by atoms with Crippen molar-refractivity contribution in [1.82, 2.24) is 5.32 Å². The molecule has 0 heterocycles. The van der Waals surface area contributed by atoms with E-state index in [9.17, 15) is 9.59 Å². The van der Waals surface area contributed by atoms with Crippen molar-refractivity contribution >= 4 is 11.9 Å². The number of amides is 1. The smallest absolute Gasteiger partial charge is 0.307 e. The molecular weight excluding hydrogens is 292 g/mol. The normalized spacial score (nSPS) is 14.0. The van der Waals surface area contributed by atoms with Gasteiger partial charge in [-0.2, -0.15) is 0 Å². The fraction of sp³-hybridized carbons (Fsp3) is 0.556. The molecule has 0 spiro atoms. The lowest BCUT2D eigenvalue weighted by molar-refractivity contribution is -0.143. The second-order valence-corrected chi connectivity index (χ2v) is 5.95. The van der Waals surface area contributed by atoms with Gasteiger partial charge in [-0.3, -0.25) is 9.59 Å². The number of methoxy groups -OCH3 is 1. The molecule has 0 bridgehead atoms. The van der Waals surface area contributed by atoms with Gasteiger partial charge >= 0.3 is 5.97 Å². The van der Waals surface area contributed by atoms with Crippen LogP contribution in [0.25, 0.3) is 0 Å². The van der Waals surface area contributed by atoms with Crippen LogP contribution < -0.4 is 11.1 Å². The Morgan fingerprint density at radius 2 is 1.78 bits per heavy atom. The Morgan fingerprint density at radius 3 is 2.26 bits per heavy atom. The monoisotopic (exact) mass is 320 g/mol. The van der Waals surface area contributed by atoms with E-state index in [4.69, 9.17) is 10.5 Å². The summed E-state index contributed by atoms with van der Waals surface area (Å²) in [5.74, 6) is -0.865. The molecule has 2 atom stereocenters. The third kappa shape index (κ3) is 5.06. The highest BCUT2D eigenvalue weighted by molar-refractivity contribution is 5.81. The Balaban J connectivity index is 2.83. The Kier molecular flexibility index (Phi) is 7.23. The van der Waals surface area contributed by atoms with Crippen molar-refractivity contribution in [2.75, 3.05) is 7.11 Å². The Bertz CT molecular complexity index is 512. The first-order chi connectivity index (χ1) is 10.9. The molecule has 0 aliphatic carbocycles. The van der Waals surface area contributed by atoms with E-state index >= 15 is 0 Å². The van der Waals surface area contributed by atoms with Crippen molar-refractivity contribution in [3.05, 3.63) is 35.9 Å². The van der Waals surface area contributed by atoms with Gasteiger partial charge in [0, 0.05) is 11.6 Å². The Labute approximate surface area is 138 Å². The van der Waals surface area contributed by atoms with Crippen LogP contribution in [0.5, 0.6) is 0 Å². The molecule has 5 nitrogen and oxygen atoms in total. The molecule has 2 unspecified atom stereocenters. The SMILES string of the molecule is CCC(CC)(CC(=O)OC)NC(=O)C(C)C(N)c1ccccc1. The largest absolute Gasteiger partial charge is 0.469 e. The van der Waals surface area contributed by atoms with Crippen LogP contribution in [0.3, 0.4) is 0 Å². The van der Waals surface area contributed by atoms with E-state index in [1.807, 2.05) is 44.2 Å². The van der Waals surface area contributed by atoms with Gasteiger partial charge in [0.15, 0.2) is 0 Å². The number of hydrogen-bond acceptors (Lipinski definition) is 4. The average molecular weight is 320 g/mol. The molecule has 5 heteroatoms. The van der Waals surface area contributed by atoms with Crippen molar-refractivity contribution in [3.8, 4) is 0 Å². The number of esters is 1. The first kappa shape index (κ1) is 19.2. The van der Waals surface area contributed by atoms with Gasteiger partial charge < -0.3 is 15.8 Å². The highest BCUT2D eigenvalue weighted by Gasteiger charge is 2.34. The van der Waals surface area contributed by atoms with Gasteiger partial charge in [-0.15, -0.1) is 0 Å². The molecule has 3 N–H and O–H groups in total. The lowest BCUT2D eigenvalue weighted by Crippen LogP contribution is -2.52. The zero-order chi connectivity index (χ0) is 17.5. The highest BCUT2D eigenvalue weighted by atomic mass is 16.5. The molecule has 1 amide bonds. The van der Waals surface area contributed by atoms with E-state index in [0.717, 1.165) is 5.56 Å². The van der Waals surface area contributed by atoms with Gasteiger partial charge in [-0.05, 0) is 18.4 Å². The Morgan fingerprint density at radius 1 is 1.22 bits per heavy atom. The zero-order valence-electron chi connectivity index (χ0n) is 14.5. The topological polar surface area (TPSA) is 81.4 Å². The number of carbonyl (C=O) groups excluding carboxylic acids is 2. The van der Waals surface area contributed by atoms with Gasteiger partial charge in [0.2, 0.25) is 5.91 Å². The standard InChI is InChI=1S/C18H28N2O3/c1-5-18(6-2,12-15(21)23-4)20-17(22)13(3)16(19)14-10-8-7-9-11-14/h7-11,13,16H,5-6,12,19H2,1-4H3,(H,20,22). The summed E-state index contributed by atoms with van der Waals surface area (Å²) in [7, 11) is 1.36. The summed E-state index contributed by atoms with van der Waals surface area (Å²) in [6.45, 7) is 5.71. The third-order valence-corrected chi connectivity index (χ3v) is 4.59. The minimum Gasteiger partial charge on any atom is -0.469 e. The van der Waals surface area contributed by atoms with E-state index in [1.165, 1.54) is 7.11 Å². The van der Waals surface area contributed by atoms with Gasteiger partial charge in [-0.1, -0.05) is 51.1 Å². The van der Waals surface area contributed by atoms with Crippen molar-refractivity contribution < 1.29 is 14.3 Å². The molecule has 0 radical (unpaired) electrons. The van der Waals surface area contributed by atoms with Crippen LogP contribution in [0.1, 0.15) is 51.6 Å². The summed E-state index contributed by atoms with van der Waals surface area (Å²) >= 11 is 0. The second kappa shape index (κ2) is 8.67. The maximum absolute atomic E-state index is 12.6. The van der Waals surface area contributed by atoms with Crippen molar-refractivity contribution in [2.45, 2.75) is 51.6 Å². The highest BCUT2D eigenvalue weighted by Crippen LogP contribution is 2.24. The second-order valence-electron chi connectivity index (χ2n) is 5.95. The minimum atomic E-state index is -0.588. The van der Waals surface area contributed by atoms with E-state index in [2.05, 4.69) is 5.32 Å². The summed E-state index contributed by atoms with van der Waals surface area (Å²) in [6, 6.07) is 9.15. The first-order valence-corrected chi connectivity index (χ1v) is 8.08. The number of hydrogen-bond donors (Lipinski definition) is 2. The maximum Gasteiger partial charge on any atom is 0.307 e. The quantitative estimate of drug-likeness (QED) is 0.721. The average Bonchev–Trinajstić information content (AvgIpc) is 2.60. The molecule has 0 saturated heterocycles. The van der Waals surface area contributed by atoms with Gasteiger partial charge in [0.05, 0.1) is 19.4 Å². The fourth-order valence-electron chi connectivity index (χ4n) is 2.57. The molecule has 0 saturated carbocycles. The summed E-state index contributed by atoms with van der Waals surface area (Å²) in [4.78, 5) is 24.3. The van der Waals surface area contributed by atoms with E-state index in [-0.39, 0.29) is 24.3 Å². The van der Waals surface area contributed by atoms with E-state index in [1.54, 1.807) is 6.92 Å². The third-order valence-electron chi connectivity index (χ3n) is 4.59. The van der Waals surface area contributed by atoms with Crippen LogP contribution in [0.4, 0.5) is 0 Å². The van der Waals surface area contributed by atoms with Crippen LogP contribution in [0, 0.1) is 5.92 Å². The maximum atomic E-state index is 12.6. The molecule has 0 aromatic heterocycles. The predicted molar refractivity (Wildman–Crippen MR) is 90.6 cm³/mol. The molecule has 128 valence electrons. The van der Waals surface area contributed by atoms with Crippen LogP contribution >= 0.6 is 0 Å². The number of nitrogens with one attached hydrogen (secondary N) is 1. The number of nitrogens with two attached hydrogens (primary N) is 1. The first-order valence-electron chi connectivity index (χ1n) is 8.08. The van der Waals surface area contributed by atoms with Crippen LogP contribution in [-0.4, -0.2) is 24.5 Å². The molecule has 0 aliphatic heterocycles. The number of benzene rings is 1. The fourth-order valence-corrected chi connectivity index (χ4v) is 2.57. The predicted octanol–water partition coefficient (Wildman–Crippen LogP) is 2.56. The summed E-state index contributed by atoms with van der Waals surface area (Å²) in [6.07, 6.45) is 1.46. The number of carbonyl (C=O) groups is 2. The van der Waals surface area contributed by atoms with Crippen molar-refractivity contribution in [2.24, 2.45) is 11.7 Å². The van der Waals surface area contributed by atoms with Gasteiger partial charge in [0.25, 0.3) is 0 Å². The van der Waals surface area contributed by atoms with E-state index in [0.29, 0.717) is 12.8 Å². The lowest BCUT2D eigenvalue weighted by Gasteiger charge is -2.34. The van der Waals surface area contributed by atoms with Crippen molar-refractivity contribution in [3.63, 3.8) is 0 Å². The number of rotatable bonds is 8. The van der Waals surface area contributed by atoms with Crippen LogP contribution in [0.15, 0.2) is 30.3 Å². The van der Waals surface area contributed by atoms with E-state index < -0.39 is 11.5 Å². The summed E-state index contributed by atoms with van der Waals surface area (Å²) in [5, 5.41) is 3.03. The molecule has 1 rings (SSSR count). The van der Waals surface area contributed by atoms with Gasteiger partial charge in [0.1, 0.15) is 0 Å². The molecule has 1 aromatic carbocycles.